The number of hydrogen-bond acceptors (Lipinski definition) is 3. The van der Waals surface area contributed by atoms with Gasteiger partial charge in [-0.3, -0.25) is 14.0 Å². The van der Waals surface area contributed by atoms with E-state index in [9.17, 15) is 8.78 Å². The first kappa shape index (κ1) is 20.3. The van der Waals surface area contributed by atoms with Crippen LogP contribution < -0.4 is 0 Å². The second-order valence-corrected chi connectivity index (χ2v) is 8.52. The van der Waals surface area contributed by atoms with Crippen LogP contribution >= 0.6 is 0 Å². The third kappa shape index (κ3) is 2.72. The van der Waals surface area contributed by atoms with Crippen LogP contribution in [0.2, 0.25) is 0 Å². The first-order valence-electron chi connectivity index (χ1n) is 11.3. The fourth-order valence-electron chi connectivity index (χ4n) is 4.93. The molecule has 0 bridgehead atoms. The Kier molecular flexibility index (Phi) is 4.20. The van der Waals surface area contributed by atoms with E-state index in [-0.39, 0.29) is 5.56 Å². The van der Waals surface area contributed by atoms with E-state index >= 15 is 0 Å². The fourth-order valence-corrected chi connectivity index (χ4v) is 4.93. The summed E-state index contributed by atoms with van der Waals surface area (Å²) in [4.78, 5) is 9.60. The molecule has 170 valence electrons. The van der Waals surface area contributed by atoms with E-state index in [1.165, 1.54) is 6.07 Å². The summed E-state index contributed by atoms with van der Waals surface area (Å²) in [7, 11) is 0. The molecule has 0 aliphatic heterocycles. The fraction of sp³-hybridized carbons (Fsp3) is 0. The van der Waals surface area contributed by atoms with Crippen molar-refractivity contribution in [2.45, 2.75) is 0 Å². The van der Waals surface area contributed by atoms with E-state index in [1.807, 2.05) is 65.4 Å². The van der Waals surface area contributed by atoms with Crippen molar-refractivity contribution >= 4 is 38.7 Å². The van der Waals surface area contributed by atoms with Crippen molar-refractivity contribution in [3.05, 3.63) is 108 Å². The molecule has 0 N–H and O–H groups in total. The van der Waals surface area contributed by atoms with Gasteiger partial charge in [0, 0.05) is 16.6 Å². The lowest BCUT2D eigenvalue weighted by Crippen LogP contribution is -1.97. The molecule has 0 saturated carbocycles. The number of aromatic nitrogens is 4. The van der Waals surface area contributed by atoms with E-state index in [1.54, 1.807) is 18.2 Å². The molecule has 36 heavy (non-hydrogen) atoms. The van der Waals surface area contributed by atoms with Gasteiger partial charge in [0.2, 0.25) is 5.78 Å². The number of para-hydroxylation sites is 3. The average Bonchev–Trinajstić information content (AvgIpc) is 3.44. The maximum Gasteiger partial charge on any atom is 0.220 e. The lowest BCUT2D eigenvalue weighted by Gasteiger charge is -2.09. The number of nitrogens with zero attached hydrogens (tertiary/aromatic N) is 5. The number of fused-ring (bicyclic) bond motifs is 7. The van der Waals surface area contributed by atoms with Gasteiger partial charge in [-0.1, -0.05) is 42.5 Å². The molecule has 3 aromatic heterocycles. The minimum Gasteiger partial charge on any atom is -0.277 e. The Bertz CT molecular complexity index is 2030. The molecule has 7 aromatic rings. The number of pyridine rings is 1. The van der Waals surface area contributed by atoms with Crippen molar-refractivity contribution in [1.82, 2.24) is 18.9 Å². The second-order valence-electron chi connectivity index (χ2n) is 8.52. The third-order valence-electron chi connectivity index (χ3n) is 6.57. The van der Waals surface area contributed by atoms with Gasteiger partial charge in [-0.25, -0.2) is 13.8 Å². The molecule has 0 unspecified atom stereocenters. The molecule has 0 saturated heterocycles. The lowest BCUT2D eigenvalue weighted by molar-refractivity contribution is 0.579. The van der Waals surface area contributed by atoms with Gasteiger partial charge in [0.15, 0.2) is 5.82 Å². The van der Waals surface area contributed by atoms with Crippen LogP contribution in [0.4, 0.5) is 8.78 Å². The zero-order chi connectivity index (χ0) is 24.4. The molecule has 3 heterocycles. The van der Waals surface area contributed by atoms with E-state index < -0.39 is 17.2 Å². The molecule has 4 aromatic carbocycles. The predicted octanol–water partition coefficient (Wildman–Crippen LogP) is 6.80. The number of imidazole rings is 2. The van der Waals surface area contributed by atoms with Crippen LogP contribution in [0.15, 0.2) is 91.1 Å². The molecule has 0 atom stereocenters. The molecular weight excluding hydrogens is 456 g/mol. The summed E-state index contributed by atoms with van der Waals surface area (Å²) in [5.41, 5.74) is 5.56. The van der Waals surface area contributed by atoms with E-state index in [4.69, 9.17) is 10.2 Å². The van der Waals surface area contributed by atoms with Gasteiger partial charge in [0.05, 0.1) is 33.8 Å². The highest BCUT2D eigenvalue weighted by Crippen LogP contribution is 2.34. The van der Waals surface area contributed by atoms with Crippen molar-refractivity contribution in [3.63, 3.8) is 0 Å². The second kappa shape index (κ2) is 7.45. The largest absolute Gasteiger partial charge is 0.277 e. The monoisotopic (exact) mass is 471 g/mol. The lowest BCUT2D eigenvalue weighted by atomic mass is 10.0. The van der Waals surface area contributed by atoms with Gasteiger partial charge in [0.25, 0.3) is 0 Å². The van der Waals surface area contributed by atoms with Crippen LogP contribution in [0, 0.1) is 23.0 Å². The van der Waals surface area contributed by atoms with Crippen molar-refractivity contribution < 1.29 is 8.78 Å². The molecule has 0 fully saturated rings. The summed E-state index contributed by atoms with van der Waals surface area (Å²) in [6.45, 7) is 0. The van der Waals surface area contributed by atoms with Crippen molar-refractivity contribution in [2.75, 3.05) is 0 Å². The highest BCUT2D eigenvalue weighted by molar-refractivity contribution is 6.06. The molecule has 0 aliphatic rings. The maximum atomic E-state index is 14.8. The Morgan fingerprint density at radius 1 is 0.778 bits per heavy atom. The van der Waals surface area contributed by atoms with Gasteiger partial charge in [-0.05, 0) is 48.0 Å². The SMILES string of the molecule is N#Cc1c(F)ccc(-c2ccc(-n3c4cnc5ccccc5c4n4c5ccccc5nc34)cc2)c1F. The molecule has 5 nitrogen and oxygen atoms in total. The first-order chi connectivity index (χ1) is 17.7. The van der Waals surface area contributed by atoms with Gasteiger partial charge in [-0.2, -0.15) is 5.26 Å². The molecule has 0 radical (unpaired) electrons. The van der Waals surface area contributed by atoms with Gasteiger partial charge in [-0.15, -0.1) is 0 Å². The number of benzene rings is 4. The summed E-state index contributed by atoms with van der Waals surface area (Å²) in [6.07, 6.45) is 1.84. The standard InChI is InChI=1S/C29H15F2N5/c30-22-14-13-19(27(31)21(22)15-32)17-9-11-18(12-10-17)35-26-16-33-23-6-2-1-5-20(23)28(26)36-25-8-4-3-7-24(25)34-29(35)36/h1-14,16H. The molecule has 0 spiro atoms. The smallest absolute Gasteiger partial charge is 0.220 e. The van der Waals surface area contributed by atoms with Crippen LogP contribution in [0.3, 0.4) is 0 Å². The Balaban J connectivity index is 1.51. The van der Waals surface area contributed by atoms with Crippen LogP contribution in [0.5, 0.6) is 0 Å². The molecule has 0 aliphatic carbocycles. The Labute approximate surface area is 203 Å². The minimum absolute atomic E-state index is 0.168. The Hall–Kier alpha value is -5.09. The highest BCUT2D eigenvalue weighted by atomic mass is 19.1. The van der Waals surface area contributed by atoms with Gasteiger partial charge >= 0.3 is 0 Å². The van der Waals surface area contributed by atoms with Crippen LogP contribution in [-0.4, -0.2) is 18.9 Å². The maximum absolute atomic E-state index is 14.8. The zero-order valence-corrected chi connectivity index (χ0v) is 18.7. The summed E-state index contributed by atoms with van der Waals surface area (Å²) >= 11 is 0. The van der Waals surface area contributed by atoms with Crippen molar-refractivity contribution in [3.8, 4) is 22.9 Å². The van der Waals surface area contributed by atoms with Crippen LogP contribution in [0.25, 0.3) is 55.6 Å². The van der Waals surface area contributed by atoms with E-state index in [0.29, 0.717) is 5.56 Å². The van der Waals surface area contributed by atoms with Gasteiger partial charge < -0.3 is 0 Å². The predicted molar refractivity (Wildman–Crippen MR) is 135 cm³/mol. The summed E-state index contributed by atoms with van der Waals surface area (Å²) in [6, 6.07) is 27.3. The summed E-state index contributed by atoms with van der Waals surface area (Å²) < 4.78 is 32.8. The van der Waals surface area contributed by atoms with E-state index in [0.717, 1.165) is 50.5 Å². The Morgan fingerprint density at radius 2 is 1.53 bits per heavy atom. The normalized spacial score (nSPS) is 11.6. The molecule has 0 amide bonds. The van der Waals surface area contributed by atoms with E-state index in [2.05, 4.69) is 15.5 Å². The zero-order valence-electron chi connectivity index (χ0n) is 18.7. The third-order valence-corrected chi connectivity index (χ3v) is 6.57. The minimum atomic E-state index is -0.873. The number of hydrogen-bond donors (Lipinski definition) is 0. The first-order valence-corrected chi connectivity index (χ1v) is 11.3. The molecule has 7 rings (SSSR count). The Morgan fingerprint density at radius 3 is 2.33 bits per heavy atom. The highest BCUT2D eigenvalue weighted by Gasteiger charge is 2.20. The van der Waals surface area contributed by atoms with Crippen LogP contribution in [0.1, 0.15) is 5.56 Å². The average molecular weight is 471 g/mol. The molecular formula is C29H15F2N5. The summed E-state index contributed by atoms with van der Waals surface area (Å²) in [5, 5.41) is 10.1. The number of halogens is 2. The van der Waals surface area contributed by atoms with Crippen LogP contribution in [-0.2, 0) is 0 Å². The topological polar surface area (TPSA) is 58.9 Å². The quantitative estimate of drug-likeness (QED) is 0.279. The number of rotatable bonds is 2. The number of nitriles is 1. The van der Waals surface area contributed by atoms with Gasteiger partial charge in [0.1, 0.15) is 17.4 Å². The van der Waals surface area contributed by atoms with Crippen molar-refractivity contribution in [1.29, 1.82) is 5.26 Å². The van der Waals surface area contributed by atoms with Crippen molar-refractivity contribution in [2.24, 2.45) is 0 Å². The summed E-state index contributed by atoms with van der Waals surface area (Å²) in [5.74, 6) is -1.01. The molecule has 7 heteroatoms.